The largest absolute Gasteiger partial charge is 0.478 e. The molecule has 1 aromatic carbocycles. The van der Waals surface area contributed by atoms with Crippen molar-refractivity contribution in [1.82, 2.24) is 4.72 Å². The van der Waals surface area contributed by atoms with Crippen LogP contribution in [0.2, 0.25) is 10.0 Å². The maximum atomic E-state index is 12.1. The fourth-order valence-electron chi connectivity index (χ4n) is 1.50. The topological polar surface area (TPSA) is 92.7 Å². The van der Waals surface area contributed by atoms with Crippen molar-refractivity contribution in [3.05, 3.63) is 27.7 Å². The van der Waals surface area contributed by atoms with Crippen LogP contribution in [0.4, 0.5) is 0 Å². The van der Waals surface area contributed by atoms with Crippen LogP contribution in [0.15, 0.2) is 17.0 Å². The first-order valence-corrected chi connectivity index (χ1v) is 7.37. The molecule has 0 aromatic heterocycles. The molecule has 1 saturated heterocycles. The lowest BCUT2D eigenvalue weighted by molar-refractivity contribution is 0.00482. The van der Waals surface area contributed by atoms with Crippen molar-refractivity contribution in [2.75, 3.05) is 13.2 Å². The molecule has 1 heterocycles. The van der Waals surface area contributed by atoms with Gasteiger partial charge >= 0.3 is 5.97 Å². The quantitative estimate of drug-likeness (QED) is 0.872. The Bertz CT molecular complexity index is 627. The number of halogens is 2. The van der Waals surface area contributed by atoms with Crippen molar-refractivity contribution >= 4 is 39.2 Å². The molecule has 0 bridgehead atoms. The first kappa shape index (κ1) is 14.5. The predicted molar refractivity (Wildman–Crippen MR) is 68.3 cm³/mol. The summed E-state index contributed by atoms with van der Waals surface area (Å²) in [5, 5.41) is 8.55. The second-order valence-electron chi connectivity index (χ2n) is 3.93. The average Bonchev–Trinajstić information content (AvgIpc) is 2.26. The summed E-state index contributed by atoms with van der Waals surface area (Å²) in [5.41, 5.74) is -0.362. The summed E-state index contributed by atoms with van der Waals surface area (Å²) in [4.78, 5) is 10.6. The molecule has 0 amide bonds. The molecule has 0 aliphatic carbocycles. The van der Waals surface area contributed by atoms with Crippen LogP contribution >= 0.6 is 23.2 Å². The fraction of sp³-hybridized carbons (Fsp3) is 0.300. The van der Waals surface area contributed by atoms with Gasteiger partial charge in [0.25, 0.3) is 0 Å². The predicted octanol–water partition coefficient (Wildman–Crippen LogP) is 1.37. The van der Waals surface area contributed by atoms with Crippen LogP contribution in [0.5, 0.6) is 0 Å². The molecule has 6 nitrogen and oxygen atoms in total. The van der Waals surface area contributed by atoms with E-state index in [4.69, 9.17) is 33.0 Å². The summed E-state index contributed by atoms with van der Waals surface area (Å²) in [6, 6.07) is 1.86. The summed E-state index contributed by atoms with van der Waals surface area (Å²) in [6.45, 7) is 0.534. The molecule has 19 heavy (non-hydrogen) atoms. The molecule has 2 N–H and O–H groups in total. The Kier molecular flexibility index (Phi) is 4.03. The molecular formula is C10H9Cl2NO5S. The van der Waals surface area contributed by atoms with Crippen LogP contribution in [0.25, 0.3) is 0 Å². The van der Waals surface area contributed by atoms with Crippen molar-refractivity contribution in [2.45, 2.75) is 10.9 Å². The Hall–Kier alpha value is -0.860. The maximum absolute atomic E-state index is 12.1. The number of ether oxygens (including phenoxy) is 1. The molecule has 2 rings (SSSR count). The number of carboxylic acids is 1. The number of aromatic carboxylic acids is 1. The highest BCUT2D eigenvalue weighted by molar-refractivity contribution is 7.89. The van der Waals surface area contributed by atoms with Gasteiger partial charge in [0.15, 0.2) is 0 Å². The van der Waals surface area contributed by atoms with E-state index in [2.05, 4.69) is 4.72 Å². The van der Waals surface area contributed by atoms with Crippen LogP contribution in [0.1, 0.15) is 10.4 Å². The molecule has 0 unspecified atom stereocenters. The average molecular weight is 326 g/mol. The molecular weight excluding hydrogens is 317 g/mol. The smallest absolute Gasteiger partial charge is 0.337 e. The van der Waals surface area contributed by atoms with Crippen LogP contribution in [0.3, 0.4) is 0 Å². The van der Waals surface area contributed by atoms with Gasteiger partial charge in [0, 0.05) is 5.02 Å². The summed E-state index contributed by atoms with van der Waals surface area (Å²) >= 11 is 11.5. The summed E-state index contributed by atoms with van der Waals surface area (Å²) < 4.78 is 31.4. The summed E-state index contributed by atoms with van der Waals surface area (Å²) in [7, 11) is -3.94. The molecule has 0 atom stereocenters. The number of rotatable bonds is 4. The molecule has 0 spiro atoms. The molecule has 1 fully saturated rings. The van der Waals surface area contributed by atoms with Crippen molar-refractivity contribution in [2.24, 2.45) is 0 Å². The zero-order valence-electron chi connectivity index (χ0n) is 9.39. The Labute approximate surface area is 119 Å². The van der Waals surface area contributed by atoms with E-state index in [1.807, 2.05) is 0 Å². The van der Waals surface area contributed by atoms with Crippen LogP contribution in [-0.2, 0) is 14.8 Å². The Balaban J connectivity index is 2.46. The van der Waals surface area contributed by atoms with Gasteiger partial charge in [0.2, 0.25) is 10.0 Å². The number of sulfonamides is 1. The lowest BCUT2D eigenvalue weighted by atomic mass is 10.2. The van der Waals surface area contributed by atoms with Gasteiger partial charge in [-0.05, 0) is 12.1 Å². The second-order valence-corrected chi connectivity index (χ2v) is 6.42. The Morgan fingerprint density at radius 3 is 2.47 bits per heavy atom. The highest BCUT2D eigenvalue weighted by Crippen LogP contribution is 2.29. The second kappa shape index (κ2) is 5.26. The number of hydrogen-bond acceptors (Lipinski definition) is 4. The zero-order valence-corrected chi connectivity index (χ0v) is 11.7. The SMILES string of the molecule is O=C(O)c1cc(Cl)cc(S(=O)(=O)NC2COC2)c1Cl. The highest BCUT2D eigenvalue weighted by atomic mass is 35.5. The molecule has 0 radical (unpaired) electrons. The minimum Gasteiger partial charge on any atom is -0.478 e. The van der Waals surface area contributed by atoms with Crippen molar-refractivity contribution in [1.29, 1.82) is 0 Å². The van der Waals surface area contributed by atoms with Gasteiger partial charge in [0.1, 0.15) is 4.90 Å². The third-order valence-corrected chi connectivity index (χ3v) is 4.77. The fourth-order valence-corrected chi connectivity index (χ4v) is 3.61. The van der Waals surface area contributed by atoms with Crippen LogP contribution < -0.4 is 4.72 Å². The number of nitrogens with one attached hydrogen (secondary N) is 1. The monoisotopic (exact) mass is 325 g/mol. The molecule has 104 valence electrons. The summed E-state index contributed by atoms with van der Waals surface area (Å²) in [6.07, 6.45) is 0. The minimum absolute atomic E-state index is 0.0213. The van der Waals surface area contributed by atoms with Gasteiger partial charge in [-0.3, -0.25) is 0 Å². The minimum atomic E-state index is -3.94. The highest BCUT2D eigenvalue weighted by Gasteiger charge is 2.29. The van der Waals surface area contributed by atoms with Gasteiger partial charge in [-0.1, -0.05) is 23.2 Å². The van der Waals surface area contributed by atoms with E-state index in [9.17, 15) is 13.2 Å². The van der Waals surface area contributed by atoms with Crippen molar-refractivity contribution in [3.63, 3.8) is 0 Å². The van der Waals surface area contributed by atoms with E-state index in [0.717, 1.165) is 12.1 Å². The molecule has 1 aliphatic heterocycles. The Morgan fingerprint density at radius 2 is 2.00 bits per heavy atom. The van der Waals surface area contributed by atoms with E-state index in [0.29, 0.717) is 0 Å². The number of carbonyl (C=O) groups is 1. The lowest BCUT2D eigenvalue weighted by Gasteiger charge is -2.26. The molecule has 1 aliphatic rings. The van der Waals surface area contributed by atoms with E-state index in [1.165, 1.54) is 0 Å². The maximum Gasteiger partial charge on any atom is 0.337 e. The third-order valence-electron chi connectivity index (χ3n) is 2.48. The van der Waals surface area contributed by atoms with Crippen molar-refractivity contribution in [3.8, 4) is 0 Å². The first-order chi connectivity index (χ1) is 8.81. The normalized spacial score (nSPS) is 16.1. The van der Waals surface area contributed by atoms with Gasteiger partial charge < -0.3 is 9.84 Å². The standard InChI is InChI=1S/C10H9Cl2NO5S/c11-5-1-7(10(14)15)9(12)8(2-5)19(16,17)13-6-3-18-4-6/h1-2,6,13H,3-4H2,(H,14,15). The molecule has 1 aromatic rings. The Morgan fingerprint density at radius 1 is 1.37 bits per heavy atom. The van der Waals surface area contributed by atoms with Gasteiger partial charge in [-0.15, -0.1) is 0 Å². The third kappa shape index (κ3) is 3.01. The van der Waals surface area contributed by atoms with E-state index in [1.54, 1.807) is 0 Å². The lowest BCUT2D eigenvalue weighted by Crippen LogP contribution is -2.48. The molecule has 0 saturated carbocycles. The van der Waals surface area contributed by atoms with Gasteiger partial charge in [-0.25, -0.2) is 17.9 Å². The van der Waals surface area contributed by atoms with E-state index in [-0.39, 0.29) is 39.8 Å². The number of benzene rings is 1. The van der Waals surface area contributed by atoms with Crippen LogP contribution in [-0.4, -0.2) is 38.7 Å². The zero-order chi connectivity index (χ0) is 14.2. The molecule has 9 heteroatoms. The van der Waals surface area contributed by atoms with Crippen molar-refractivity contribution < 1.29 is 23.1 Å². The van der Waals surface area contributed by atoms with E-state index < -0.39 is 16.0 Å². The van der Waals surface area contributed by atoms with Crippen LogP contribution in [0, 0.1) is 0 Å². The van der Waals surface area contributed by atoms with E-state index >= 15 is 0 Å². The van der Waals surface area contributed by atoms with Gasteiger partial charge in [0.05, 0.1) is 29.8 Å². The number of carboxylic acid groups (broad SMARTS) is 1. The first-order valence-electron chi connectivity index (χ1n) is 5.13. The number of hydrogen-bond donors (Lipinski definition) is 2. The summed E-state index contributed by atoms with van der Waals surface area (Å²) in [5.74, 6) is -1.35. The van der Waals surface area contributed by atoms with Gasteiger partial charge in [-0.2, -0.15) is 0 Å².